The van der Waals surface area contributed by atoms with Gasteiger partial charge in [-0.3, -0.25) is 4.79 Å². The van der Waals surface area contributed by atoms with Gasteiger partial charge in [0.1, 0.15) is 73.2 Å². The van der Waals surface area contributed by atoms with Crippen LogP contribution >= 0.6 is 0 Å². The molecule has 0 aliphatic carbocycles. The van der Waals surface area contributed by atoms with Crippen LogP contribution in [0.4, 0.5) is 0 Å². The summed E-state index contributed by atoms with van der Waals surface area (Å²) < 4.78 is 34.4. The number of aliphatic hydroxyl groups is 11. The average Bonchev–Trinajstić information content (AvgIpc) is 1.88. The Labute approximate surface area is 519 Å². The van der Waals surface area contributed by atoms with Crippen LogP contribution in [0.3, 0.4) is 0 Å². The molecule has 19 nitrogen and oxygen atoms in total. The summed E-state index contributed by atoms with van der Waals surface area (Å²) in [5.41, 5.74) is 0. The molecule has 0 aromatic carbocycles. The molecule has 3 aliphatic heterocycles. The number of carbonyl (C=O) groups excluding carboxylic acids is 1. The van der Waals surface area contributed by atoms with E-state index in [1.165, 1.54) is 212 Å². The van der Waals surface area contributed by atoms with Crippen molar-refractivity contribution in [1.82, 2.24) is 5.32 Å². The summed E-state index contributed by atoms with van der Waals surface area (Å²) in [6, 6.07) is -0.881. The topological polar surface area (TPSA) is 307 Å². The summed E-state index contributed by atoms with van der Waals surface area (Å²) in [5, 5.41) is 121. The van der Waals surface area contributed by atoms with Crippen molar-refractivity contribution in [3.63, 3.8) is 0 Å². The Kier molecular flexibility index (Phi) is 46.3. The number of hydrogen-bond donors (Lipinski definition) is 12. The smallest absolute Gasteiger partial charge is 0.220 e. The second-order valence-electron chi connectivity index (χ2n) is 25.7. The van der Waals surface area contributed by atoms with E-state index in [4.69, 9.17) is 28.4 Å². The fourth-order valence-corrected chi connectivity index (χ4v) is 12.4. The molecule has 3 saturated heterocycles. The molecule has 12 N–H and O–H groups in total. The molecular weight excluding hydrogens is 1110 g/mol. The van der Waals surface area contributed by atoms with Crippen LogP contribution in [0.15, 0.2) is 0 Å². The van der Waals surface area contributed by atoms with Gasteiger partial charge >= 0.3 is 0 Å². The van der Waals surface area contributed by atoms with E-state index in [1.807, 2.05) is 0 Å². The minimum atomic E-state index is -1.97. The third-order valence-electron chi connectivity index (χ3n) is 18.2. The zero-order valence-electron chi connectivity index (χ0n) is 53.8. The van der Waals surface area contributed by atoms with Crippen LogP contribution in [0.25, 0.3) is 0 Å². The predicted octanol–water partition coefficient (Wildman–Crippen LogP) is 9.11. The summed E-state index contributed by atoms with van der Waals surface area (Å²) in [6.07, 6.45) is 26.1. The van der Waals surface area contributed by atoms with Crippen molar-refractivity contribution in [1.29, 1.82) is 0 Å². The molecule has 0 bridgehead atoms. The predicted molar refractivity (Wildman–Crippen MR) is 333 cm³/mol. The molecule has 0 saturated carbocycles. The number of aliphatic hydroxyl groups excluding tert-OH is 11. The van der Waals surface area contributed by atoms with Gasteiger partial charge in [0, 0.05) is 6.42 Å². The fraction of sp³-hybridized carbons (Fsp3) is 0.985. The first-order valence-corrected chi connectivity index (χ1v) is 35.3. The minimum Gasteiger partial charge on any atom is -0.394 e. The van der Waals surface area contributed by atoms with Gasteiger partial charge in [0.05, 0.1) is 38.6 Å². The van der Waals surface area contributed by atoms with Crippen molar-refractivity contribution in [3.8, 4) is 0 Å². The van der Waals surface area contributed by atoms with E-state index >= 15 is 0 Å². The molecule has 86 heavy (non-hydrogen) atoms. The Hall–Kier alpha value is -1.21. The second kappa shape index (κ2) is 50.4. The SMILES string of the molecule is CCCCCCCCCCCCCCCCCCCCCCCCCCCCC(O)C(COC1OC(CO)C(OC2OC(CO)C(OC3OC(CO)C(O)C(O)C3O)C(O)C2O)C(O)C1O)NC(=O)CCCCCCCCCCCCCCCCC. The summed E-state index contributed by atoms with van der Waals surface area (Å²) in [4.78, 5) is 13.4. The Morgan fingerprint density at radius 3 is 1.01 bits per heavy atom. The molecule has 0 aromatic rings. The van der Waals surface area contributed by atoms with Crippen LogP contribution in [0.5, 0.6) is 0 Å². The molecule has 19 heteroatoms. The zero-order valence-corrected chi connectivity index (χ0v) is 53.8. The van der Waals surface area contributed by atoms with E-state index in [0.29, 0.717) is 12.8 Å². The summed E-state index contributed by atoms with van der Waals surface area (Å²) in [7, 11) is 0. The van der Waals surface area contributed by atoms with Gasteiger partial charge in [-0.15, -0.1) is 0 Å². The van der Waals surface area contributed by atoms with Gasteiger partial charge in [-0.05, 0) is 12.8 Å². The van der Waals surface area contributed by atoms with Crippen LogP contribution < -0.4 is 5.32 Å². The third-order valence-corrected chi connectivity index (χ3v) is 18.2. The number of nitrogens with one attached hydrogen (secondary N) is 1. The van der Waals surface area contributed by atoms with Gasteiger partial charge in [0.2, 0.25) is 5.91 Å². The molecule has 3 aliphatic rings. The van der Waals surface area contributed by atoms with E-state index in [-0.39, 0.29) is 18.9 Å². The number of amides is 1. The van der Waals surface area contributed by atoms with E-state index in [9.17, 15) is 61.0 Å². The lowest BCUT2D eigenvalue weighted by Crippen LogP contribution is -2.66. The molecule has 0 spiro atoms. The van der Waals surface area contributed by atoms with Gasteiger partial charge in [-0.2, -0.15) is 0 Å². The van der Waals surface area contributed by atoms with E-state index < -0.39 is 124 Å². The average molecular weight is 1240 g/mol. The molecule has 17 unspecified atom stereocenters. The van der Waals surface area contributed by atoms with Crippen LogP contribution in [-0.4, -0.2) is 193 Å². The number of ether oxygens (including phenoxy) is 6. The lowest BCUT2D eigenvalue weighted by atomic mass is 9.96. The molecular formula is C67H129NO18. The first-order chi connectivity index (χ1) is 41.8. The normalized spacial score (nSPS) is 28.7. The highest BCUT2D eigenvalue weighted by molar-refractivity contribution is 5.76. The van der Waals surface area contributed by atoms with Crippen molar-refractivity contribution in [2.45, 2.75) is 394 Å². The maximum Gasteiger partial charge on any atom is 0.220 e. The van der Waals surface area contributed by atoms with Crippen molar-refractivity contribution < 1.29 is 89.4 Å². The van der Waals surface area contributed by atoms with Crippen LogP contribution in [-0.2, 0) is 33.2 Å². The Bertz CT molecular complexity index is 1570. The summed E-state index contributed by atoms with van der Waals surface area (Å²) in [6.45, 7) is 1.84. The number of unbranched alkanes of at least 4 members (excludes halogenated alkanes) is 39. The Balaban J connectivity index is 1.41. The maximum absolute atomic E-state index is 13.4. The number of rotatable bonds is 55. The largest absolute Gasteiger partial charge is 0.394 e. The van der Waals surface area contributed by atoms with E-state index in [0.717, 1.165) is 44.9 Å². The molecule has 510 valence electrons. The molecule has 1 amide bonds. The number of hydrogen-bond acceptors (Lipinski definition) is 18. The quantitative estimate of drug-likeness (QED) is 0.0253. The minimum absolute atomic E-state index is 0.237. The van der Waals surface area contributed by atoms with Crippen molar-refractivity contribution in [3.05, 3.63) is 0 Å². The van der Waals surface area contributed by atoms with Gasteiger partial charge in [0.15, 0.2) is 18.9 Å². The molecule has 3 rings (SSSR count). The third kappa shape index (κ3) is 32.4. The highest BCUT2D eigenvalue weighted by atomic mass is 16.8. The van der Waals surface area contributed by atoms with Crippen molar-refractivity contribution in [2.24, 2.45) is 0 Å². The van der Waals surface area contributed by atoms with Gasteiger partial charge < -0.3 is 89.9 Å². The second-order valence-corrected chi connectivity index (χ2v) is 25.7. The molecule has 3 heterocycles. The van der Waals surface area contributed by atoms with Crippen LogP contribution in [0.2, 0.25) is 0 Å². The Morgan fingerprint density at radius 1 is 0.372 bits per heavy atom. The number of carbonyl (C=O) groups is 1. The zero-order chi connectivity index (χ0) is 62.6. The molecule has 0 radical (unpaired) electrons. The van der Waals surface area contributed by atoms with Gasteiger partial charge in [-0.25, -0.2) is 0 Å². The summed E-state index contributed by atoms with van der Waals surface area (Å²) >= 11 is 0. The maximum atomic E-state index is 13.4. The first-order valence-electron chi connectivity index (χ1n) is 35.3. The van der Waals surface area contributed by atoms with Crippen LogP contribution in [0.1, 0.15) is 290 Å². The highest BCUT2D eigenvalue weighted by Crippen LogP contribution is 2.33. The molecule has 0 aromatic heterocycles. The van der Waals surface area contributed by atoms with E-state index in [1.54, 1.807) is 0 Å². The van der Waals surface area contributed by atoms with Crippen molar-refractivity contribution >= 4 is 5.91 Å². The van der Waals surface area contributed by atoms with Gasteiger partial charge in [-0.1, -0.05) is 271 Å². The highest BCUT2D eigenvalue weighted by Gasteiger charge is 2.53. The standard InChI is InChI=1S/C67H129NO18/c1-3-5-7-9-11-13-15-17-19-20-21-22-23-24-25-26-27-28-29-31-32-34-36-38-40-42-44-51(72)50(68-55(73)45-43-41-39-37-35-33-30-18-16-14-12-10-8-6-4-2)49-81-65-61(79)58(76)63(53(47-70)83-65)86-67-62(80)59(77)64(54(48-71)84-67)85-66-60(78)57(75)56(74)52(46-69)82-66/h50-54,56-67,69-72,74-80H,3-49H2,1-2H3,(H,68,73). The lowest BCUT2D eigenvalue weighted by Gasteiger charge is -2.48. The van der Waals surface area contributed by atoms with Gasteiger partial charge in [0.25, 0.3) is 0 Å². The van der Waals surface area contributed by atoms with Crippen molar-refractivity contribution in [2.75, 3.05) is 26.4 Å². The summed E-state index contributed by atoms with van der Waals surface area (Å²) in [5.74, 6) is -0.237. The Morgan fingerprint density at radius 2 is 0.663 bits per heavy atom. The lowest BCUT2D eigenvalue weighted by molar-refractivity contribution is -0.379. The van der Waals surface area contributed by atoms with E-state index in [2.05, 4.69) is 19.2 Å². The molecule has 17 atom stereocenters. The molecule has 3 fully saturated rings. The first kappa shape index (κ1) is 79.0. The van der Waals surface area contributed by atoms with Crippen LogP contribution in [0, 0.1) is 0 Å². The monoisotopic (exact) mass is 1240 g/mol. The fourth-order valence-electron chi connectivity index (χ4n) is 12.4.